The maximum Gasteiger partial charge on any atom is 0.253 e. The molecular formula is C13H14F2N4O. The first-order valence-electron chi connectivity index (χ1n) is 6.20. The van der Waals surface area contributed by atoms with Crippen LogP contribution in [0.1, 0.15) is 6.42 Å². The van der Waals surface area contributed by atoms with Crippen molar-refractivity contribution in [2.45, 2.75) is 18.9 Å². The molecule has 2 aromatic rings. The summed E-state index contributed by atoms with van der Waals surface area (Å²) in [5, 5.41) is 13.0. The normalized spacial score (nSPS) is 19.9. The number of alkyl halides is 2. The lowest BCUT2D eigenvalue weighted by Crippen LogP contribution is -2.05. The molecule has 1 atom stereocenters. The zero-order valence-electron chi connectivity index (χ0n) is 10.6. The van der Waals surface area contributed by atoms with E-state index in [9.17, 15) is 8.78 Å². The molecule has 1 fully saturated rings. The van der Waals surface area contributed by atoms with Crippen LogP contribution < -0.4 is 11.2 Å². The Morgan fingerprint density at radius 1 is 1.45 bits per heavy atom. The molecule has 106 valence electrons. The van der Waals surface area contributed by atoms with Gasteiger partial charge in [-0.15, -0.1) is 0 Å². The second kappa shape index (κ2) is 4.45. The summed E-state index contributed by atoms with van der Waals surface area (Å²) in [7, 11) is 0. The molecule has 1 aromatic carbocycles. The van der Waals surface area contributed by atoms with Gasteiger partial charge < -0.3 is 5.73 Å². The Kier molecular flexibility index (Phi) is 2.86. The lowest BCUT2D eigenvalue weighted by atomic mass is 10.1. The Morgan fingerprint density at radius 3 is 2.85 bits per heavy atom. The Bertz CT molecular complexity index is 641. The molecule has 0 aliphatic heterocycles. The number of halogens is 2. The molecule has 1 aromatic heterocycles. The average Bonchev–Trinajstić information content (AvgIpc) is 2.82. The number of nitrogens with zero attached hydrogens (tertiary/aromatic N) is 2. The quantitative estimate of drug-likeness (QED) is 0.594. The van der Waals surface area contributed by atoms with Crippen molar-refractivity contribution >= 4 is 11.4 Å². The fourth-order valence-corrected chi connectivity index (χ4v) is 2.14. The summed E-state index contributed by atoms with van der Waals surface area (Å²) in [4.78, 5) is 0. The molecule has 1 unspecified atom stereocenters. The highest BCUT2D eigenvalue weighted by Crippen LogP contribution is 2.49. The smallest absolute Gasteiger partial charge is 0.253 e. The van der Waals surface area contributed by atoms with Gasteiger partial charge in [-0.25, -0.2) is 8.78 Å². The molecule has 0 radical (unpaired) electrons. The third-order valence-electron chi connectivity index (χ3n) is 3.50. The van der Waals surface area contributed by atoms with Gasteiger partial charge in [0, 0.05) is 30.6 Å². The first-order valence-corrected chi connectivity index (χ1v) is 6.20. The van der Waals surface area contributed by atoms with E-state index in [0.717, 1.165) is 11.1 Å². The summed E-state index contributed by atoms with van der Waals surface area (Å²) in [6.07, 6.45) is 3.25. The van der Waals surface area contributed by atoms with Gasteiger partial charge in [0.15, 0.2) is 0 Å². The molecule has 0 amide bonds. The number of nitrogens with one attached hydrogen (secondary N) is 1. The largest absolute Gasteiger partial charge is 0.397 e. The van der Waals surface area contributed by atoms with Crippen LogP contribution in [0.3, 0.4) is 0 Å². The summed E-state index contributed by atoms with van der Waals surface area (Å²) in [6.45, 7) is 0.215. The van der Waals surface area contributed by atoms with E-state index in [1.807, 2.05) is 5.48 Å². The van der Waals surface area contributed by atoms with Crippen molar-refractivity contribution in [2.75, 3.05) is 11.2 Å². The highest BCUT2D eigenvalue weighted by molar-refractivity contribution is 5.74. The molecule has 0 bridgehead atoms. The molecule has 1 heterocycles. The average molecular weight is 280 g/mol. The second-order valence-electron chi connectivity index (χ2n) is 5.03. The van der Waals surface area contributed by atoms with Crippen molar-refractivity contribution in [3.8, 4) is 11.1 Å². The van der Waals surface area contributed by atoms with E-state index in [2.05, 4.69) is 5.10 Å². The third-order valence-corrected chi connectivity index (χ3v) is 3.50. The lowest BCUT2D eigenvalue weighted by Gasteiger charge is -2.05. The number of hydrogen-bond donors (Lipinski definition) is 3. The van der Waals surface area contributed by atoms with Gasteiger partial charge in [-0.05, 0) is 17.7 Å². The topological polar surface area (TPSA) is 76.1 Å². The van der Waals surface area contributed by atoms with Crippen molar-refractivity contribution in [1.82, 2.24) is 9.78 Å². The van der Waals surface area contributed by atoms with E-state index >= 15 is 0 Å². The number of hydrogen-bond acceptors (Lipinski definition) is 4. The number of rotatable bonds is 4. The van der Waals surface area contributed by atoms with Crippen LogP contribution in [0.4, 0.5) is 20.2 Å². The standard InChI is InChI=1S/C13H14F2N4O/c14-13(15)4-10(13)7-19-6-9(5-17-19)8-1-2-11(16)12(3-8)18-20/h1-3,5-6,10,18,20H,4,7,16H2. The minimum Gasteiger partial charge on any atom is -0.397 e. The van der Waals surface area contributed by atoms with Crippen LogP contribution in [0.5, 0.6) is 0 Å². The van der Waals surface area contributed by atoms with Gasteiger partial charge in [0.2, 0.25) is 0 Å². The van der Waals surface area contributed by atoms with Gasteiger partial charge in [-0.2, -0.15) is 5.10 Å². The summed E-state index contributed by atoms with van der Waals surface area (Å²) < 4.78 is 27.2. The SMILES string of the molecule is Nc1ccc(-c2cnn(CC3CC3(F)F)c2)cc1NO. The van der Waals surface area contributed by atoms with Crippen LogP contribution in [0, 0.1) is 5.92 Å². The molecule has 5 nitrogen and oxygen atoms in total. The van der Waals surface area contributed by atoms with Crippen LogP contribution in [-0.4, -0.2) is 20.9 Å². The predicted molar refractivity (Wildman–Crippen MR) is 70.5 cm³/mol. The van der Waals surface area contributed by atoms with E-state index in [1.165, 1.54) is 4.68 Å². The molecule has 0 spiro atoms. The van der Waals surface area contributed by atoms with E-state index < -0.39 is 11.8 Å². The van der Waals surface area contributed by atoms with Crippen LogP contribution in [0.15, 0.2) is 30.6 Å². The molecule has 1 aliphatic rings. The Morgan fingerprint density at radius 2 is 2.20 bits per heavy atom. The number of nitrogen functional groups attached to an aromatic ring is 1. The Labute approximate surface area is 114 Å². The highest BCUT2D eigenvalue weighted by Gasteiger charge is 2.56. The van der Waals surface area contributed by atoms with Crippen LogP contribution in [0.2, 0.25) is 0 Å². The van der Waals surface area contributed by atoms with Crippen molar-refractivity contribution in [1.29, 1.82) is 0 Å². The maximum absolute atomic E-state index is 12.9. The third kappa shape index (κ3) is 2.32. The van der Waals surface area contributed by atoms with Crippen molar-refractivity contribution in [2.24, 2.45) is 5.92 Å². The molecule has 4 N–H and O–H groups in total. The Balaban J connectivity index is 1.79. The highest BCUT2D eigenvalue weighted by atomic mass is 19.3. The summed E-state index contributed by atoms with van der Waals surface area (Å²) >= 11 is 0. The van der Waals surface area contributed by atoms with Gasteiger partial charge in [-0.3, -0.25) is 15.4 Å². The Hall–Kier alpha value is -2.15. The summed E-state index contributed by atoms with van der Waals surface area (Å²) in [5.41, 5.74) is 10.1. The van der Waals surface area contributed by atoms with Gasteiger partial charge in [0.05, 0.1) is 17.6 Å². The zero-order valence-corrected chi connectivity index (χ0v) is 10.6. The van der Waals surface area contributed by atoms with Gasteiger partial charge >= 0.3 is 0 Å². The predicted octanol–water partition coefficient (Wildman–Crippen LogP) is 2.59. The van der Waals surface area contributed by atoms with Gasteiger partial charge in [-0.1, -0.05) is 6.07 Å². The van der Waals surface area contributed by atoms with Crippen molar-refractivity contribution < 1.29 is 14.0 Å². The van der Waals surface area contributed by atoms with E-state index in [0.29, 0.717) is 11.4 Å². The zero-order chi connectivity index (χ0) is 14.3. The fraction of sp³-hybridized carbons (Fsp3) is 0.308. The summed E-state index contributed by atoms with van der Waals surface area (Å²) in [5.74, 6) is -3.15. The molecule has 1 saturated carbocycles. The number of benzene rings is 1. The van der Waals surface area contributed by atoms with Gasteiger partial charge in [0.25, 0.3) is 5.92 Å². The minimum absolute atomic E-state index is 0.0668. The molecular weight excluding hydrogens is 266 g/mol. The van der Waals surface area contributed by atoms with Crippen LogP contribution >= 0.6 is 0 Å². The lowest BCUT2D eigenvalue weighted by molar-refractivity contribution is 0.0942. The second-order valence-corrected chi connectivity index (χ2v) is 5.03. The molecule has 1 aliphatic carbocycles. The first kappa shape index (κ1) is 12.9. The first-order chi connectivity index (χ1) is 9.49. The van der Waals surface area contributed by atoms with Crippen molar-refractivity contribution in [3.63, 3.8) is 0 Å². The number of aromatic nitrogens is 2. The number of anilines is 2. The molecule has 0 saturated heterocycles. The van der Waals surface area contributed by atoms with E-state index in [4.69, 9.17) is 10.9 Å². The molecule has 3 rings (SSSR count). The minimum atomic E-state index is -2.54. The van der Waals surface area contributed by atoms with Crippen LogP contribution in [0.25, 0.3) is 11.1 Å². The van der Waals surface area contributed by atoms with E-state index in [-0.39, 0.29) is 13.0 Å². The number of nitrogens with two attached hydrogens (primary N) is 1. The van der Waals surface area contributed by atoms with E-state index in [1.54, 1.807) is 30.6 Å². The molecule has 7 heteroatoms. The van der Waals surface area contributed by atoms with Crippen molar-refractivity contribution in [3.05, 3.63) is 30.6 Å². The monoisotopic (exact) mass is 280 g/mol. The maximum atomic E-state index is 12.9. The fourth-order valence-electron chi connectivity index (χ4n) is 2.14. The van der Waals surface area contributed by atoms with Crippen LogP contribution in [-0.2, 0) is 6.54 Å². The summed E-state index contributed by atoms with van der Waals surface area (Å²) in [6, 6.07) is 5.10. The molecule has 20 heavy (non-hydrogen) atoms. The van der Waals surface area contributed by atoms with Gasteiger partial charge in [0.1, 0.15) is 0 Å².